The van der Waals surface area contributed by atoms with Crippen molar-refractivity contribution >= 4 is 34.1 Å². The number of hydrogen-bond donors (Lipinski definition) is 1. The molecule has 0 atom stereocenters. The molecule has 22 heavy (non-hydrogen) atoms. The van der Waals surface area contributed by atoms with Crippen LogP contribution in [0.4, 0.5) is 5.69 Å². The van der Waals surface area contributed by atoms with E-state index >= 15 is 0 Å². The largest absolute Gasteiger partial charge is 0.361 e. The van der Waals surface area contributed by atoms with Gasteiger partial charge in [-0.3, -0.25) is 4.79 Å². The van der Waals surface area contributed by atoms with Crippen LogP contribution in [0, 0.1) is 0 Å². The van der Waals surface area contributed by atoms with Gasteiger partial charge in [-0.1, -0.05) is 35.9 Å². The number of aromatic nitrogens is 1. The third kappa shape index (κ3) is 2.85. The van der Waals surface area contributed by atoms with Crippen molar-refractivity contribution in [1.29, 1.82) is 0 Å². The number of anilines is 1. The quantitative estimate of drug-likeness (QED) is 0.760. The molecule has 0 spiro atoms. The van der Waals surface area contributed by atoms with Crippen molar-refractivity contribution in [2.24, 2.45) is 0 Å². The van der Waals surface area contributed by atoms with Gasteiger partial charge in [0.15, 0.2) is 0 Å². The minimum Gasteiger partial charge on any atom is -0.361 e. The summed E-state index contributed by atoms with van der Waals surface area (Å²) in [5.74, 6) is 0.0875. The average Bonchev–Trinajstić information content (AvgIpc) is 2.91. The van der Waals surface area contributed by atoms with Gasteiger partial charge >= 0.3 is 0 Å². The lowest BCUT2D eigenvalue weighted by atomic mass is 10.1. The molecule has 0 unspecified atom stereocenters. The zero-order valence-electron chi connectivity index (χ0n) is 12.3. The molecule has 1 heterocycles. The van der Waals surface area contributed by atoms with Gasteiger partial charge in [0, 0.05) is 34.4 Å². The lowest BCUT2D eigenvalue weighted by molar-refractivity contribution is -0.117. The Balaban J connectivity index is 1.86. The molecule has 0 aliphatic rings. The van der Waals surface area contributed by atoms with Gasteiger partial charge in [0.2, 0.25) is 5.91 Å². The standard InChI is InChI=1S/C18H17ClN2O/c1-2-21(15-6-4-3-5-7-15)18(22)10-13-12-20-17-11-14(19)8-9-16(13)17/h3-9,11-12,20H,2,10H2,1H3. The molecule has 0 bridgehead atoms. The Bertz CT molecular complexity index is 795. The molecule has 0 aliphatic heterocycles. The maximum atomic E-state index is 12.6. The van der Waals surface area contributed by atoms with E-state index in [0.29, 0.717) is 18.0 Å². The molecule has 0 aliphatic carbocycles. The van der Waals surface area contributed by atoms with Crippen LogP contribution in [0.5, 0.6) is 0 Å². The lowest BCUT2D eigenvalue weighted by Crippen LogP contribution is -2.31. The summed E-state index contributed by atoms with van der Waals surface area (Å²) in [4.78, 5) is 17.6. The summed E-state index contributed by atoms with van der Waals surface area (Å²) in [6.07, 6.45) is 2.25. The first-order chi connectivity index (χ1) is 10.7. The average molecular weight is 313 g/mol. The fraction of sp³-hybridized carbons (Fsp3) is 0.167. The smallest absolute Gasteiger partial charge is 0.231 e. The predicted molar refractivity (Wildman–Crippen MR) is 91.5 cm³/mol. The zero-order valence-corrected chi connectivity index (χ0v) is 13.1. The highest BCUT2D eigenvalue weighted by Crippen LogP contribution is 2.23. The third-order valence-corrected chi connectivity index (χ3v) is 3.99. The van der Waals surface area contributed by atoms with E-state index in [1.54, 1.807) is 4.90 Å². The minimum atomic E-state index is 0.0875. The summed E-state index contributed by atoms with van der Waals surface area (Å²) in [6, 6.07) is 15.4. The minimum absolute atomic E-state index is 0.0875. The number of carbonyl (C=O) groups is 1. The number of amides is 1. The van der Waals surface area contributed by atoms with Gasteiger partial charge in [0.1, 0.15) is 0 Å². The molecule has 3 rings (SSSR count). The van der Waals surface area contributed by atoms with Crippen molar-refractivity contribution in [3.8, 4) is 0 Å². The number of rotatable bonds is 4. The van der Waals surface area contributed by atoms with E-state index in [1.165, 1.54) is 0 Å². The van der Waals surface area contributed by atoms with Crippen molar-refractivity contribution in [2.45, 2.75) is 13.3 Å². The molecular formula is C18H17ClN2O. The fourth-order valence-corrected chi connectivity index (χ4v) is 2.85. The molecule has 1 amide bonds. The molecule has 1 aromatic heterocycles. The van der Waals surface area contributed by atoms with E-state index < -0.39 is 0 Å². The first-order valence-corrected chi connectivity index (χ1v) is 7.67. The van der Waals surface area contributed by atoms with Gasteiger partial charge in [-0.05, 0) is 36.8 Å². The van der Waals surface area contributed by atoms with Crippen LogP contribution in [0.3, 0.4) is 0 Å². The number of carbonyl (C=O) groups excluding carboxylic acids is 1. The molecule has 0 fully saturated rings. The molecule has 0 radical (unpaired) electrons. The second-order valence-electron chi connectivity index (χ2n) is 5.15. The number of nitrogens with one attached hydrogen (secondary N) is 1. The van der Waals surface area contributed by atoms with Crippen LogP contribution in [0.1, 0.15) is 12.5 Å². The molecule has 112 valence electrons. The van der Waals surface area contributed by atoms with Crippen LogP contribution < -0.4 is 4.90 Å². The number of H-pyrrole nitrogens is 1. The maximum absolute atomic E-state index is 12.6. The summed E-state index contributed by atoms with van der Waals surface area (Å²) >= 11 is 5.99. The molecule has 3 aromatic rings. The number of halogens is 1. The second kappa shape index (κ2) is 6.24. The third-order valence-electron chi connectivity index (χ3n) is 3.76. The Hall–Kier alpha value is -2.26. The summed E-state index contributed by atoms with van der Waals surface area (Å²) < 4.78 is 0. The number of aromatic amines is 1. The normalized spacial score (nSPS) is 10.8. The molecule has 2 aromatic carbocycles. The van der Waals surface area contributed by atoms with E-state index in [9.17, 15) is 4.79 Å². The highest BCUT2D eigenvalue weighted by molar-refractivity contribution is 6.31. The van der Waals surface area contributed by atoms with Gasteiger partial charge in [-0.25, -0.2) is 0 Å². The fourth-order valence-electron chi connectivity index (χ4n) is 2.67. The number of nitrogens with zero attached hydrogens (tertiary/aromatic N) is 1. The van der Waals surface area contributed by atoms with Gasteiger partial charge in [-0.2, -0.15) is 0 Å². The topological polar surface area (TPSA) is 36.1 Å². The number of benzene rings is 2. The SMILES string of the molecule is CCN(C(=O)Cc1c[nH]c2cc(Cl)ccc12)c1ccccc1. The van der Waals surface area contributed by atoms with E-state index in [4.69, 9.17) is 11.6 Å². The van der Waals surface area contributed by atoms with Crippen molar-refractivity contribution in [2.75, 3.05) is 11.4 Å². The maximum Gasteiger partial charge on any atom is 0.231 e. The molecular weight excluding hydrogens is 296 g/mol. The molecule has 0 saturated carbocycles. The van der Waals surface area contributed by atoms with Crippen LogP contribution in [0.25, 0.3) is 10.9 Å². The van der Waals surface area contributed by atoms with Crippen molar-refractivity contribution in [3.63, 3.8) is 0 Å². The van der Waals surface area contributed by atoms with Gasteiger partial charge < -0.3 is 9.88 Å². The summed E-state index contributed by atoms with van der Waals surface area (Å²) in [7, 11) is 0. The zero-order chi connectivity index (χ0) is 15.5. The van der Waals surface area contributed by atoms with E-state index in [2.05, 4.69) is 4.98 Å². The molecule has 0 saturated heterocycles. The Morgan fingerprint density at radius 1 is 1.18 bits per heavy atom. The number of hydrogen-bond acceptors (Lipinski definition) is 1. The molecule has 4 heteroatoms. The number of likely N-dealkylation sites (N-methyl/N-ethyl adjacent to an activating group) is 1. The Kier molecular flexibility index (Phi) is 4.16. The van der Waals surface area contributed by atoms with Gasteiger partial charge in [0.05, 0.1) is 6.42 Å². The Labute approximate surface area is 134 Å². The van der Waals surface area contributed by atoms with Crippen molar-refractivity contribution in [1.82, 2.24) is 4.98 Å². The van der Waals surface area contributed by atoms with Crippen LogP contribution in [-0.4, -0.2) is 17.4 Å². The van der Waals surface area contributed by atoms with Crippen LogP contribution in [0.15, 0.2) is 54.7 Å². The molecule has 3 nitrogen and oxygen atoms in total. The summed E-state index contributed by atoms with van der Waals surface area (Å²) in [5.41, 5.74) is 2.88. The summed E-state index contributed by atoms with van der Waals surface area (Å²) in [5, 5.41) is 1.73. The highest BCUT2D eigenvalue weighted by Gasteiger charge is 2.16. The first kappa shape index (κ1) is 14.7. The predicted octanol–water partition coefficient (Wildman–Crippen LogP) is 4.42. The first-order valence-electron chi connectivity index (χ1n) is 7.30. The Morgan fingerprint density at radius 3 is 2.68 bits per heavy atom. The van der Waals surface area contributed by atoms with E-state index in [0.717, 1.165) is 22.2 Å². The lowest BCUT2D eigenvalue weighted by Gasteiger charge is -2.20. The highest BCUT2D eigenvalue weighted by atomic mass is 35.5. The van der Waals surface area contributed by atoms with Crippen LogP contribution in [0.2, 0.25) is 5.02 Å². The Morgan fingerprint density at radius 2 is 1.95 bits per heavy atom. The van der Waals surface area contributed by atoms with Crippen LogP contribution in [-0.2, 0) is 11.2 Å². The van der Waals surface area contributed by atoms with E-state index in [-0.39, 0.29) is 5.91 Å². The molecule has 1 N–H and O–H groups in total. The van der Waals surface area contributed by atoms with Crippen molar-refractivity contribution in [3.05, 3.63) is 65.3 Å². The second-order valence-corrected chi connectivity index (χ2v) is 5.59. The summed E-state index contributed by atoms with van der Waals surface area (Å²) in [6.45, 7) is 2.64. The van der Waals surface area contributed by atoms with Crippen molar-refractivity contribution < 1.29 is 4.79 Å². The number of fused-ring (bicyclic) bond motifs is 1. The number of para-hydroxylation sites is 1. The monoisotopic (exact) mass is 312 g/mol. The van der Waals surface area contributed by atoms with Crippen LogP contribution >= 0.6 is 11.6 Å². The van der Waals surface area contributed by atoms with Gasteiger partial charge in [0.25, 0.3) is 0 Å². The van der Waals surface area contributed by atoms with E-state index in [1.807, 2.05) is 61.7 Å². The van der Waals surface area contributed by atoms with Gasteiger partial charge in [-0.15, -0.1) is 0 Å².